The summed E-state index contributed by atoms with van der Waals surface area (Å²) < 4.78 is 13.5. The van der Waals surface area contributed by atoms with E-state index in [1.807, 2.05) is 58.4 Å². The summed E-state index contributed by atoms with van der Waals surface area (Å²) in [6.45, 7) is 11.7. The van der Waals surface area contributed by atoms with Crippen LogP contribution in [0.25, 0.3) is 0 Å². The molecule has 0 fully saturated rings. The van der Waals surface area contributed by atoms with Crippen LogP contribution in [0.3, 0.4) is 0 Å². The van der Waals surface area contributed by atoms with E-state index in [-0.39, 0.29) is 18.4 Å². The average Bonchev–Trinajstić information content (AvgIpc) is 2.64. The van der Waals surface area contributed by atoms with E-state index in [4.69, 9.17) is 9.47 Å². The quantitative estimate of drug-likeness (QED) is 0.668. The summed E-state index contributed by atoms with van der Waals surface area (Å²) in [7, 11) is 0. The molecule has 0 aliphatic heterocycles. The van der Waals surface area contributed by atoms with Crippen LogP contribution in [0.5, 0.6) is 0 Å². The number of aromatic nitrogens is 1. The lowest BCUT2D eigenvalue weighted by atomic mass is 10.2. The summed E-state index contributed by atoms with van der Waals surface area (Å²) in [6.07, 6.45) is 3.11. The Morgan fingerprint density at radius 2 is 1.58 bits per heavy atom. The first kappa shape index (κ1) is 20.7. The van der Waals surface area contributed by atoms with Crippen molar-refractivity contribution in [3.8, 4) is 0 Å². The summed E-state index contributed by atoms with van der Waals surface area (Å²) in [5, 5.41) is 0. The normalized spacial score (nSPS) is 12.1. The minimum absolute atomic E-state index is 0.204. The van der Waals surface area contributed by atoms with Crippen molar-refractivity contribution in [1.29, 1.82) is 0 Å². The third-order valence-electron chi connectivity index (χ3n) is 2.90. The Kier molecular flexibility index (Phi) is 7.08. The predicted octanol–water partition coefficient (Wildman–Crippen LogP) is 4.26. The van der Waals surface area contributed by atoms with E-state index in [1.165, 1.54) is 0 Å². The fourth-order valence-corrected chi connectivity index (χ4v) is 2.70. The molecule has 0 aliphatic carbocycles. The van der Waals surface area contributed by atoms with Crippen molar-refractivity contribution in [2.75, 3.05) is 0 Å². The smallest absolute Gasteiger partial charge is 0.312 e. The maximum atomic E-state index is 12.0. The van der Waals surface area contributed by atoms with Crippen LogP contribution in [0.15, 0.2) is 16.7 Å². The molecule has 0 bridgehead atoms. The lowest BCUT2D eigenvalue weighted by molar-refractivity contribution is -0.155. The van der Waals surface area contributed by atoms with Crippen LogP contribution < -0.4 is 0 Å². The first-order valence-electron chi connectivity index (χ1n) is 8.14. The molecule has 136 valence electrons. The second-order valence-electron chi connectivity index (χ2n) is 7.80. The molecule has 0 atom stereocenters. The van der Waals surface area contributed by atoms with E-state index < -0.39 is 11.2 Å². The second-order valence-corrected chi connectivity index (χ2v) is 8.71. The number of carbonyl (C=O) groups is 2. The number of hydrogen-bond donors (Lipinski definition) is 0. The molecule has 24 heavy (non-hydrogen) atoms. The van der Waals surface area contributed by atoms with Crippen molar-refractivity contribution < 1.29 is 19.1 Å². The number of esters is 2. The van der Waals surface area contributed by atoms with Crippen molar-refractivity contribution in [1.82, 2.24) is 4.57 Å². The highest BCUT2D eigenvalue weighted by Gasteiger charge is 2.19. The number of halogens is 1. The van der Waals surface area contributed by atoms with Gasteiger partial charge >= 0.3 is 11.9 Å². The van der Waals surface area contributed by atoms with E-state index in [0.29, 0.717) is 19.4 Å². The van der Waals surface area contributed by atoms with Crippen LogP contribution in [0.1, 0.15) is 60.1 Å². The van der Waals surface area contributed by atoms with E-state index >= 15 is 0 Å². The maximum Gasteiger partial charge on any atom is 0.312 e. The number of hydrogen-bond acceptors (Lipinski definition) is 4. The Bertz CT molecular complexity index is 579. The standard InChI is InChI=1S/C18H28BrNO4/c1-17(2,3)23-15(21)8-7-9-20-12-13(19)10-14(20)11-16(22)24-18(4,5)6/h10,12H,7-9,11H2,1-6H3. The van der Waals surface area contributed by atoms with Gasteiger partial charge in [0, 0.05) is 29.3 Å². The van der Waals surface area contributed by atoms with Crippen LogP contribution in [-0.4, -0.2) is 27.7 Å². The zero-order chi connectivity index (χ0) is 18.5. The van der Waals surface area contributed by atoms with Gasteiger partial charge in [0.15, 0.2) is 0 Å². The van der Waals surface area contributed by atoms with Gasteiger partial charge in [0.2, 0.25) is 0 Å². The van der Waals surface area contributed by atoms with Gasteiger partial charge < -0.3 is 14.0 Å². The van der Waals surface area contributed by atoms with Crippen LogP contribution in [0.4, 0.5) is 0 Å². The molecule has 0 aliphatic rings. The van der Waals surface area contributed by atoms with E-state index in [2.05, 4.69) is 15.9 Å². The molecule has 6 heteroatoms. The summed E-state index contributed by atoms with van der Waals surface area (Å²) >= 11 is 3.43. The summed E-state index contributed by atoms with van der Waals surface area (Å²) in [5.41, 5.74) is -0.0990. The number of rotatable bonds is 6. The maximum absolute atomic E-state index is 12.0. The molecule has 1 aromatic rings. The highest BCUT2D eigenvalue weighted by atomic mass is 79.9. The molecule has 0 saturated heterocycles. The van der Waals surface area contributed by atoms with Crippen LogP contribution in [0, 0.1) is 0 Å². The molecular weight excluding hydrogens is 374 g/mol. The molecule has 1 rings (SSSR count). The zero-order valence-corrected chi connectivity index (χ0v) is 17.0. The van der Waals surface area contributed by atoms with Crippen molar-refractivity contribution in [3.05, 3.63) is 22.4 Å². The third-order valence-corrected chi connectivity index (χ3v) is 3.33. The fourth-order valence-electron chi connectivity index (χ4n) is 2.18. The van der Waals surface area contributed by atoms with Crippen molar-refractivity contribution in [3.63, 3.8) is 0 Å². The van der Waals surface area contributed by atoms with Crippen LogP contribution in [0.2, 0.25) is 0 Å². The Hall–Kier alpha value is -1.30. The van der Waals surface area contributed by atoms with Gasteiger partial charge in [-0.1, -0.05) is 0 Å². The second kappa shape index (κ2) is 8.19. The molecule has 0 radical (unpaired) electrons. The zero-order valence-electron chi connectivity index (χ0n) is 15.4. The van der Waals surface area contributed by atoms with Gasteiger partial charge in [-0.2, -0.15) is 0 Å². The summed E-state index contributed by atoms with van der Waals surface area (Å²) in [5.74, 6) is -0.469. The van der Waals surface area contributed by atoms with Gasteiger partial charge in [-0.15, -0.1) is 0 Å². The van der Waals surface area contributed by atoms with Crippen LogP contribution in [-0.2, 0) is 32.0 Å². The van der Waals surface area contributed by atoms with Crippen molar-refractivity contribution in [2.24, 2.45) is 0 Å². The SMILES string of the molecule is CC(C)(C)OC(=O)CCCn1cc(Br)cc1CC(=O)OC(C)(C)C. The number of ether oxygens (including phenoxy) is 2. The molecule has 0 aromatic carbocycles. The lowest BCUT2D eigenvalue weighted by Gasteiger charge is -2.20. The molecule has 0 spiro atoms. The molecule has 1 aromatic heterocycles. The monoisotopic (exact) mass is 401 g/mol. The Morgan fingerprint density at radius 3 is 2.12 bits per heavy atom. The van der Waals surface area contributed by atoms with Crippen molar-refractivity contribution in [2.45, 2.75) is 78.6 Å². The minimum Gasteiger partial charge on any atom is -0.460 e. The molecule has 1 heterocycles. The fraction of sp³-hybridized carbons (Fsp3) is 0.667. The van der Waals surface area contributed by atoms with Crippen LogP contribution >= 0.6 is 15.9 Å². The lowest BCUT2D eigenvalue weighted by Crippen LogP contribution is -2.25. The topological polar surface area (TPSA) is 57.5 Å². The predicted molar refractivity (Wildman–Crippen MR) is 96.8 cm³/mol. The number of aryl methyl sites for hydroxylation is 1. The van der Waals surface area contributed by atoms with Gasteiger partial charge in [-0.3, -0.25) is 9.59 Å². The van der Waals surface area contributed by atoms with Gasteiger partial charge in [0.1, 0.15) is 11.2 Å². The van der Waals surface area contributed by atoms with E-state index in [1.54, 1.807) is 0 Å². The molecule has 0 saturated carbocycles. The molecule has 5 nitrogen and oxygen atoms in total. The molecule has 0 unspecified atom stereocenters. The minimum atomic E-state index is -0.498. The molecule has 0 N–H and O–H groups in total. The Morgan fingerprint density at radius 1 is 1.04 bits per heavy atom. The Balaban J connectivity index is 2.58. The van der Waals surface area contributed by atoms with Crippen molar-refractivity contribution >= 4 is 27.9 Å². The van der Waals surface area contributed by atoms with Gasteiger partial charge in [-0.05, 0) is 70.0 Å². The highest BCUT2D eigenvalue weighted by molar-refractivity contribution is 9.10. The average molecular weight is 402 g/mol. The van der Waals surface area contributed by atoms with E-state index in [9.17, 15) is 9.59 Å². The number of nitrogens with zero attached hydrogens (tertiary/aromatic N) is 1. The third kappa shape index (κ3) is 8.52. The highest BCUT2D eigenvalue weighted by Crippen LogP contribution is 2.18. The first-order chi connectivity index (χ1) is 10.9. The van der Waals surface area contributed by atoms with Gasteiger partial charge in [0.25, 0.3) is 0 Å². The summed E-state index contributed by atoms with van der Waals surface area (Å²) in [6, 6.07) is 1.90. The summed E-state index contributed by atoms with van der Waals surface area (Å²) in [4.78, 5) is 23.8. The number of carbonyl (C=O) groups excluding carboxylic acids is 2. The van der Waals surface area contributed by atoms with Gasteiger partial charge in [0.05, 0.1) is 6.42 Å². The van der Waals surface area contributed by atoms with E-state index in [0.717, 1.165) is 10.2 Å². The Labute approximate surface area is 152 Å². The molecular formula is C18H28BrNO4. The first-order valence-corrected chi connectivity index (χ1v) is 8.93. The van der Waals surface area contributed by atoms with Gasteiger partial charge in [-0.25, -0.2) is 0 Å². The largest absolute Gasteiger partial charge is 0.460 e. The molecule has 0 amide bonds.